The number of piperidine rings is 1. The molecule has 1 aliphatic heterocycles. The number of nitrogens with one attached hydrogen (secondary N) is 1. The molecular formula is C8H15NO3. The summed E-state index contributed by atoms with van der Waals surface area (Å²) in [4.78, 5) is 10.9. The van der Waals surface area contributed by atoms with Gasteiger partial charge in [0, 0.05) is 13.7 Å². The van der Waals surface area contributed by atoms with Crippen molar-refractivity contribution in [1.82, 2.24) is 5.32 Å². The van der Waals surface area contributed by atoms with E-state index in [1.54, 1.807) is 7.11 Å². The molecule has 4 nitrogen and oxygen atoms in total. The average molecular weight is 173 g/mol. The molecule has 0 amide bonds. The Balaban J connectivity index is 2.63. The Hall–Kier alpha value is -0.610. The molecule has 0 unspecified atom stereocenters. The van der Waals surface area contributed by atoms with Gasteiger partial charge in [0.15, 0.2) is 0 Å². The molecule has 1 heterocycles. The van der Waals surface area contributed by atoms with Gasteiger partial charge >= 0.3 is 5.97 Å². The van der Waals surface area contributed by atoms with E-state index in [2.05, 4.69) is 5.32 Å². The topological polar surface area (TPSA) is 58.6 Å². The van der Waals surface area contributed by atoms with Crippen LogP contribution in [0.25, 0.3) is 0 Å². The molecule has 0 aromatic heterocycles. The predicted molar refractivity (Wildman–Crippen MR) is 44.0 cm³/mol. The normalized spacial score (nSPS) is 30.1. The van der Waals surface area contributed by atoms with Crippen molar-refractivity contribution in [3.8, 4) is 0 Å². The summed E-state index contributed by atoms with van der Waals surface area (Å²) in [6.07, 6.45) is 1.62. The summed E-state index contributed by atoms with van der Waals surface area (Å²) in [7, 11) is 1.54. The largest absolute Gasteiger partial charge is 0.481 e. The van der Waals surface area contributed by atoms with Crippen molar-refractivity contribution in [3.63, 3.8) is 0 Å². The van der Waals surface area contributed by atoms with Crippen molar-refractivity contribution in [1.29, 1.82) is 0 Å². The Labute approximate surface area is 71.9 Å². The number of rotatable bonds is 3. The van der Waals surface area contributed by atoms with Gasteiger partial charge in [0.05, 0.1) is 6.61 Å². The molecule has 1 atom stereocenters. The van der Waals surface area contributed by atoms with Crippen LogP contribution in [0.4, 0.5) is 0 Å². The lowest BCUT2D eigenvalue weighted by Gasteiger charge is -2.32. The molecule has 0 aliphatic carbocycles. The van der Waals surface area contributed by atoms with Gasteiger partial charge in [0.1, 0.15) is 5.41 Å². The lowest BCUT2D eigenvalue weighted by molar-refractivity contribution is -0.153. The van der Waals surface area contributed by atoms with Crippen LogP contribution in [0, 0.1) is 5.41 Å². The lowest BCUT2D eigenvalue weighted by atomic mass is 9.81. The first-order chi connectivity index (χ1) is 5.71. The van der Waals surface area contributed by atoms with Crippen LogP contribution in [0.5, 0.6) is 0 Å². The van der Waals surface area contributed by atoms with Gasteiger partial charge in [0.2, 0.25) is 0 Å². The first kappa shape index (κ1) is 9.48. The van der Waals surface area contributed by atoms with Gasteiger partial charge in [-0.25, -0.2) is 0 Å². The van der Waals surface area contributed by atoms with Gasteiger partial charge < -0.3 is 15.2 Å². The highest BCUT2D eigenvalue weighted by Gasteiger charge is 2.39. The molecule has 70 valence electrons. The fraction of sp³-hybridized carbons (Fsp3) is 0.875. The van der Waals surface area contributed by atoms with E-state index >= 15 is 0 Å². The van der Waals surface area contributed by atoms with Gasteiger partial charge in [-0.3, -0.25) is 4.79 Å². The molecule has 0 radical (unpaired) electrons. The van der Waals surface area contributed by atoms with Crippen molar-refractivity contribution in [2.45, 2.75) is 12.8 Å². The third-order valence-corrected chi connectivity index (χ3v) is 2.35. The predicted octanol–water partition coefficient (Wildman–Crippen LogP) is 0.0872. The van der Waals surface area contributed by atoms with E-state index < -0.39 is 11.4 Å². The minimum absolute atomic E-state index is 0.301. The zero-order valence-corrected chi connectivity index (χ0v) is 7.30. The van der Waals surface area contributed by atoms with Gasteiger partial charge in [-0.1, -0.05) is 0 Å². The quantitative estimate of drug-likeness (QED) is 0.635. The highest BCUT2D eigenvalue weighted by atomic mass is 16.5. The smallest absolute Gasteiger partial charge is 0.313 e. The Morgan fingerprint density at radius 1 is 1.75 bits per heavy atom. The first-order valence-electron chi connectivity index (χ1n) is 4.14. The number of carboxylic acid groups (broad SMARTS) is 1. The summed E-state index contributed by atoms with van der Waals surface area (Å²) in [6.45, 7) is 1.74. The van der Waals surface area contributed by atoms with Crippen molar-refractivity contribution in [3.05, 3.63) is 0 Å². The van der Waals surface area contributed by atoms with E-state index in [1.165, 1.54) is 0 Å². The SMILES string of the molecule is COC[C@]1(C(=O)O)CCCNC1. The average Bonchev–Trinajstić information content (AvgIpc) is 2.06. The number of methoxy groups -OCH3 is 1. The molecule has 0 spiro atoms. The van der Waals surface area contributed by atoms with E-state index in [0.29, 0.717) is 19.6 Å². The Kier molecular flexibility index (Phi) is 3.05. The molecule has 0 aromatic rings. The molecule has 1 rings (SSSR count). The van der Waals surface area contributed by atoms with Crippen molar-refractivity contribution >= 4 is 5.97 Å². The maximum Gasteiger partial charge on any atom is 0.313 e. The molecule has 1 aliphatic rings. The van der Waals surface area contributed by atoms with Crippen LogP contribution in [0.1, 0.15) is 12.8 Å². The van der Waals surface area contributed by atoms with E-state index in [4.69, 9.17) is 9.84 Å². The van der Waals surface area contributed by atoms with Gasteiger partial charge in [-0.2, -0.15) is 0 Å². The Morgan fingerprint density at radius 3 is 2.92 bits per heavy atom. The summed E-state index contributed by atoms with van der Waals surface area (Å²) in [6, 6.07) is 0. The molecule has 12 heavy (non-hydrogen) atoms. The van der Waals surface area contributed by atoms with Gasteiger partial charge in [0.25, 0.3) is 0 Å². The van der Waals surface area contributed by atoms with Crippen LogP contribution in [0.3, 0.4) is 0 Å². The van der Waals surface area contributed by atoms with Gasteiger partial charge in [-0.05, 0) is 19.4 Å². The standard InChI is InChI=1S/C8H15NO3/c1-12-6-8(7(10)11)3-2-4-9-5-8/h9H,2-6H2,1H3,(H,10,11)/t8-/m0/s1. The maximum absolute atomic E-state index is 10.9. The highest BCUT2D eigenvalue weighted by Crippen LogP contribution is 2.26. The second-order valence-corrected chi connectivity index (χ2v) is 3.30. The van der Waals surface area contributed by atoms with Crippen LogP contribution in [-0.2, 0) is 9.53 Å². The lowest BCUT2D eigenvalue weighted by Crippen LogP contribution is -2.48. The Bertz CT molecular complexity index is 158. The van der Waals surface area contributed by atoms with Crippen molar-refractivity contribution in [2.24, 2.45) is 5.41 Å². The fourth-order valence-corrected chi connectivity index (χ4v) is 1.61. The second-order valence-electron chi connectivity index (χ2n) is 3.30. The number of carboxylic acids is 1. The van der Waals surface area contributed by atoms with E-state index in [9.17, 15) is 4.79 Å². The van der Waals surface area contributed by atoms with Crippen LogP contribution in [0.15, 0.2) is 0 Å². The molecule has 2 N–H and O–H groups in total. The molecule has 0 aromatic carbocycles. The van der Waals surface area contributed by atoms with E-state index in [-0.39, 0.29) is 0 Å². The monoisotopic (exact) mass is 173 g/mol. The van der Waals surface area contributed by atoms with Gasteiger partial charge in [-0.15, -0.1) is 0 Å². The second kappa shape index (κ2) is 3.87. The highest BCUT2D eigenvalue weighted by molar-refractivity contribution is 5.75. The summed E-state index contributed by atoms with van der Waals surface area (Å²) < 4.78 is 4.93. The van der Waals surface area contributed by atoms with Crippen molar-refractivity contribution < 1.29 is 14.6 Å². The maximum atomic E-state index is 10.9. The first-order valence-corrected chi connectivity index (χ1v) is 4.14. The number of ether oxygens (including phenoxy) is 1. The van der Waals surface area contributed by atoms with Crippen molar-refractivity contribution in [2.75, 3.05) is 26.8 Å². The Morgan fingerprint density at radius 2 is 2.50 bits per heavy atom. The number of hydrogen-bond donors (Lipinski definition) is 2. The van der Waals surface area contributed by atoms with Crippen LogP contribution in [0.2, 0.25) is 0 Å². The number of aliphatic carboxylic acids is 1. The third-order valence-electron chi connectivity index (χ3n) is 2.35. The fourth-order valence-electron chi connectivity index (χ4n) is 1.61. The summed E-state index contributed by atoms with van der Waals surface area (Å²) in [5, 5.41) is 12.1. The number of hydrogen-bond acceptors (Lipinski definition) is 3. The molecule has 0 saturated carbocycles. The third kappa shape index (κ3) is 1.76. The molecular weight excluding hydrogens is 158 g/mol. The summed E-state index contributed by atoms with van der Waals surface area (Å²) in [5.74, 6) is -0.753. The zero-order valence-electron chi connectivity index (χ0n) is 7.30. The van der Waals surface area contributed by atoms with Crippen LogP contribution < -0.4 is 5.32 Å². The van der Waals surface area contributed by atoms with Crippen LogP contribution in [-0.4, -0.2) is 37.9 Å². The van der Waals surface area contributed by atoms with Crippen LogP contribution >= 0.6 is 0 Å². The summed E-state index contributed by atoms with van der Waals surface area (Å²) in [5.41, 5.74) is -0.688. The minimum Gasteiger partial charge on any atom is -0.481 e. The van der Waals surface area contributed by atoms with E-state index in [0.717, 1.165) is 13.0 Å². The molecule has 4 heteroatoms. The molecule has 1 saturated heterocycles. The zero-order chi connectivity index (χ0) is 9.03. The number of carbonyl (C=O) groups is 1. The summed E-state index contributed by atoms with van der Waals surface area (Å²) >= 11 is 0. The molecule has 0 bridgehead atoms. The van der Waals surface area contributed by atoms with E-state index in [1.807, 2.05) is 0 Å². The molecule has 1 fully saturated rings. The minimum atomic E-state index is -0.753.